The van der Waals surface area contributed by atoms with Crippen molar-refractivity contribution >= 4 is 17.2 Å². The van der Waals surface area contributed by atoms with Crippen LogP contribution in [-0.2, 0) is 0 Å². The Kier molecular flexibility index (Phi) is 10.6. The number of aromatic nitrogens is 1. The highest BCUT2D eigenvalue weighted by Gasteiger charge is 2.12. The maximum atomic E-state index is 12.0. The molecule has 6 nitrogen and oxygen atoms in total. The molecule has 0 spiro atoms. The number of hydrogen-bond acceptors (Lipinski definition) is 6. The molecule has 7 heteroatoms. The van der Waals surface area contributed by atoms with Crippen molar-refractivity contribution in [2.24, 2.45) is 0 Å². The summed E-state index contributed by atoms with van der Waals surface area (Å²) in [6.45, 7) is 7.54. The number of rotatable bonds is 13. The van der Waals surface area contributed by atoms with Crippen molar-refractivity contribution < 1.29 is 14.6 Å². The Labute approximate surface area is 149 Å². The van der Waals surface area contributed by atoms with E-state index in [4.69, 9.17) is 4.74 Å². The molecule has 1 aromatic heterocycles. The molecule has 1 aromatic rings. The third-order valence-electron chi connectivity index (χ3n) is 3.44. The van der Waals surface area contributed by atoms with E-state index in [1.165, 1.54) is 36.8 Å². The fraction of sp³-hybridized carbons (Fsp3) is 0.765. The Bertz CT molecular complexity index is 466. The van der Waals surface area contributed by atoms with Gasteiger partial charge in [-0.3, -0.25) is 4.79 Å². The van der Waals surface area contributed by atoms with Crippen molar-refractivity contribution in [2.75, 3.05) is 19.7 Å². The van der Waals surface area contributed by atoms with Crippen LogP contribution in [0.4, 0.5) is 0 Å². The van der Waals surface area contributed by atoms with Crippen LogP contribution in [0, 0.1) is 0 Å². The second-order valence-corrected chi connectivity index (χ2v) is 7.18. The quantitative estimate of drug-likeness (QED) is 0.473. The Morgan fingerprint density at radius 3 is 2.79 bits per heavy atom. The van der Waals surface area contributed by atoms with Crippen molar-refractivity contribution in [3.63, 3.8) is 0 Å². The number of unbranched alkanes of at least 4 members (excludes halogenated alkanes) is 4. The summed E-state index contributed by atoms with van der Waals surface area (Å²) >= 11 is 1.20. The fourth-order valence-corrected chi connectivity index (χ4v) is 2.74. The van der Waals surface area contributed by atoms with Gasteiger partial charge in [0.05, 0.1) is 6.20 Å². The van der Waals surface area contributed by atoms with Crippen LogP contribution in [0.1, 0.15) is 62.5 Å². The smallest absolute Gasteiger partial charge is 0.273 e. The van der Waals surface area contributed by atoms with Gasteiger partial charge in [0.25, 0.3) is 11.1 Å². The minimum atomic E-state index is -0.600. The van der Waals surface area contributed by atoms with Gasteiger partial charge in [-0.15, -0.1) is 0 Å². The van der Waals surface area contributed by atoms with Crippen LogP contribution in [0.3, 0.4) is 0 Å². The first kappa shape index (κ1) is 20.9. The van der Waals surface area contributed by atoms with Crippen molar-refractivity contribution in [2.45, 2.75) is 65.0 Å². The van der Waals surface area contributed by atoms with Crippen LogP contribution in [0.15, 0.2) is 6.20 Å². The molecule has 0 aliphatic rings. The number of nitrogens with one attached hydrogen (secondary N) is 2. The molecule has 0 aromatic carbocycles. The third kappa shape index (κ3) is 9.20. The van der Waals surface area contributed by atoms with Gasteiger partial charge in [-0.1, -0.05) is 57.8 Å². The number of nitrogens with zero attached hydrogens (tertiary/aromatic N) is 1. The van der Waals surface area contributed by atoms with Gasteiger partial charge in [-0.25, -0.2) is 4.98 Å². The predicted molar refractivity (Wildman–Crippen MR) is 97.8 cm³/mol. The number of aliphatic hydroxyl groups is 1. The van der Waals surface area contributed by atoms with Crippen molar-refractivity contribution in [3.8, 4) is 5.19 Å². The summed E-state index contributed by atoms with van der Waals surface area (Å²) in [4.78, 5) is 16.6. The number of carbonyl (C=O) groups is 1. The average molecular weight is 358 g/mol. The lowest BCUT2D eigenvalue weighted by Crippen LogP contribution is -2.35. The minimum Gasteiger partial charge on any atom is -0.467 e. The monoisotopic (exact) mass is 357 g/mol. The molecule has 1 atom stereocenters. The van der Waals surface area contributed by atoms with Crippen molar-refractivity contribution in [1.29, 1.82) is 0 Å². The highest BCUT2D eigenvalue weighted by Crippen LogP contribution is 2.20. The Morgan fingerprint density at radius 1 is 1.33 bits per heavy atom. The van der Waals surface area contributed by atoms with Gasteiger partial charge in [-0.05, 0) is 6.42 Å². The molecule has 1 amide bonds. The largest absolute Gasteiger partial charge is 0.467 e. The summed E-state index contributed by atoms with van der Waals surface area (Å²) in [7, 11) is 0. The van der Waals surface area contributed by atoms with Crippen molar-refractivity contribution in [3.05, 3.63) is 11.1 Å². The van der Waals surface area contributed by atoms with Gasteiger partial charge in [0.15, 0.2) is 0 Å². The van der Waals surface area contributed by atoms with Gasteiger partial charge in [0.2, 0.25) is 0 Å². The molecule has 24 heavy (non-hydrogen) atoms. The van der Waals surface area contributed by atoms with Crippen LogP contribution >= 0.6 is 11.3 Å². The van der Waals surface area contributed by atoms with Crippen molar-refractivity contribution in [1.82, 2.24) is 15.6 Å². The molecule has 0 saturated heterocycles. The maximum absolute atomic E-state index is 12.0. The summed E-state index contributed by atoms with van der Waals surface area (Å²) in [5.74, 6) is -0.111. The molecule has 0 fully saturated rings. The summed E-state index contributed by atoms with van der Waals surface area (Å²) in [5.41, 5.74) is 0. The molecular formula is C17H31N3O3S. The van der Waals surface area contributed by atoms with Crippen LogP contribution in [-0.4, -0.2) is 47.8 Å². The molecule has 0 bridgehead atoms. The van der Waals surface area contributed by atoms with Crippen LogP contribution in [0.2, 0.25) is 0 Å². The summed E-state index contributed by atoms with van der Waals surface area (Å²) in [6, 6.07) is 0.316. The normalized spacial score (nSPS) is 12.4. The summed E-state index contributed by atoms with van der Waals surface area (Å²) in [5, 5.41) is 16.2. The molecule has 0 radical (unpaired) electrons. The SMILES string of the molecule is CCCCCCCNC(=O)c1cnc(OCC(O)CNC(C)C)s1. The molecule has 1 unspecified atom stereocenters. The van der Waals surface area contributed by atoms with E-state index in [2.05, 4.69) is 22.5 Å². The standard InChI is InChI=1S/C17H31N3O3S/c1-4-5-6-7-8-9-18-16(22)15-11-20-17(24-15)23-12-14(21)10-19-13(2)3/h11,13-14,19,21H,4-10,12H2,1-3H3,(H,18,22). The van der Waals surface area contributed by atoms with E-state index in [9.17, 15) is 9.90 Å². The van der Waals surface area contributed by atoms with Gasteiger partial charge in [-0.2, -0.15) is 0 Å². The first-order valence-electron chi connectivity index (χ1n) is 8.81. The first-order chi connectivity index (χ1) is 11.5. The zero-order valence-electron chi connectivity index (χ0n) is 15.0. The van der Waals surface area contributed by atoms with Crippen LogP contribution < -0.4 is 15.4 Å². The van der Waals surface area contributed by atoms with Crippen LogP contribution in [0.5, 0.6) is 5.19 Å². The number of carbonyl (C=O) groups excluding carboxylic acids is 1. The lowest BCUT2D eigenvalue weighted by atomic mass is 10.1. The number of amides is 1. The highest BCUT2D eigenvalue weighted by molar-refractivity contribution is 7.15. The molecule has 0 aliphatic carbocycles. The molecule has 138 valence electrons. The lowest BCUT2D eigenvalue weighted by Gasteiger charge is -2.13. The van der Waals surface area contributed by atoms with E-state index in [0.29, 0.717) is 29.2 Å². The minimum absolute atomic E-state index is 0.111. The summed E-state index contributed by atoms with van der Waals surface area (Å²) in [6.07, 6.45) is 6.76. The van der Waals surface area contributed by atoms with E-state index in [-0.39, 0.29) is 12.5 Å². The van der Waals surface area contributed by atoms with E-state index in [1.807, 2.05) is 13.8 Å². The Morgan fingerprint density at radius 2 is 2.08 bits per heavy atom. The lowest BCUT2D eigenvalue weighted by molar-refractivity contribution is 0.0956. The second kappa shape index (κ2) is 12.2. The first-order valence-corrected chi connectivity index (χ1v) is 9.62. The zero-order valence-corrected chi connectivity index (χ0v) is 15.8. The molecule has 1 rings (SSSR count). The van der Waals surface area contributed by atoms with Gasteiger partial charge in [0.1, 0.15) is 17.6 Å². The fourth-order valence-electron chi connectivity index (χ4n) is 2.05. The Hall–Kier alpha value is -1.18. The van der Waals surface area contributed by atoms with E-state index in [0.717, 1.165) is 12.8 Å². The van der Waals surface area contributed by atoms with E-state index >= 15 is 0 Å². The number of hydrogen-bond donors (Lipinski definition) is 3. The van der Waals surface area contributed by atoms with Crippen LogP contribution in [0.25, 0.3) is 0 Å². The highest BCUT2D eigenvalue weighted by atomic mass is 32.1. The predicted octanol–water partition coefficient (Wildman–Crippen LogP) is 2.58. The number of ether oxygens (including phenoxy) is 1. The average Bonchev–Trinajstić information content (AvgIpc) is 3.03. The van der Waals surface area contributed by atoms with E-state index in [1.54, 1.807) is 0 Å². The van der Waals surface area contributed by atoms with Gasteiger partial charge in [0, 0.05) is 19.1 Å². The number of aliphatic hydroxyl groups excluding tert-OH is 1. The van der Waals surface area contributed by atoms with Gasteiger partial charge >= 0.3 is 0 Å². The summed E-state index contributed by atoms with van der Waals surface area (Å²) < 4.78 is 5.44. The maximum Gasteiger partial charge on any atom is 0.273 e. The topological polar surface area (TPSA) is 83.5 Å². The molecule has 0 aliphatic heterocycles. The molecule has 0 saturated carbocycles. The Balaban J connectivity index is 2.23. The van der Waals surface area contributed by atoms with E-state index < -0.39 is 6.10 Å². The second-order valence-electron chi connectivity index (χ2n) is 6.19. The molecular weight excluding hydrogens is 326 g/mol. The van der Waals surface area contributed by atoms with Gasteiger partial charge < -0.3 is 20.5 Å². The third-order valence-corrected chi connectivity index (χ3v) is 4.34. The zero-order chi connectivity index (χ0) is 17.8. The number of thiazole rings is 1. The molecule has 3 N–H and O–H groups in total. The molecule has 1 heterocycles.